The van der Waals surface area contributed by atoms with Crippen molar-refractivity contribution in [1.82, 2.24) is 5.32 Å². The topological polar surface area (TPSA) is 24.4 Å². The van der Waals surface area contributed by atoms with Gasteiger partial charge in [0.1, 0.15) is 0 Å². The number of hydrogen-bond donors (Lipinski definition) is 1. The molecule has 80 valence electrons. The van der Waals surface area contributed by atoms with Crippen molar-refractivity contribution < 1.29 is 0 Å². The molecule has 2 heteroatoms. The maximum Gasteiger partial charge on any atom is 0.0930 e. The SMILES string of the molecule is C=C1NC=NC(=C/C)/C1=C\C(=C)C(C)C. The van der Waals surface area contributed by atoms with Gasteiger partial charge in [0.05, 0.1) is 12.0 Å². The molecule has 1 heterocycles. The molecule has 1 aliphatic heterocycles. The summed E-state index contributed by atoms with van der Waals surface area (Å²) in [6.45, 7) is 14.2. The molecule has 0 spiro atoms. The fraction of sp³-hybridized carbons (Fsp3) is 0.308. The molecular weight excluding hydrogens is 184 g/mol. The first-order valence-electron chi connectivity index (χ1n) is 5.11. The molecule has 0 saturated carbocycles. The van der Waals surface area contributed by atoms with Gasteiger partial charge in [0, 0.05) is 11.3 Å². The second kappa shape index (κ2) is 4.78. The quantitative estimate of drug-likeness (QED) is 0.730. The van der Waals surface area contributed by atoms with Crippen molar-refractivity contribution in [3.05, 3.63) is 47.9 Å². The Morgan fingerprint density at radius 3 is 2.73 bits per heavy atom. The van der Waals surface area contributed by atoms with E-state index in [1.807, 2.05) is 19.1 Å². The summed E-state index contributed by atoms with van der Waals surface area (Å²) in [5, 5.41) is 3.00. The Kier molecular flexibility index (Phi) is 3.67. The zero-order valence-corrected chi connectivity index (χ0v) is 9.67. The molecule has 0 amide bonds. The third-order valence-electron chi connectivity index (χ3n) is 2.39. The van der Waals surface area contributed by atoms with Crippen LogP contribution in [0.5, 0.6) is 0 Å². The van der Waals surface area contributed by atoms with Crippen LogP contribution >= 0.6 is 0 Å². The van der Waals surface area contributed by atoms with Crippen LogP contribution in [-0.2, 0) is 0 Å². The lowest BCUT2D eigenvalue weighted by atomic mass is 9.99. The minimum absolute atomic E-state index is 0.439. The van der Waals surface area contributed by atoms with Crippen molar-refractivity contribution >= 4 is 6.34 Å². The lowest BCUT2D eigenvalue weighted by Crippen LogP contribution is -2.17. The molecule has 0 aliphatic carbocycles. The van der Waals surface area contributed by atoms with E-state index in [1.54, 1.807) is 6.34 Å². The van der Waals surface area contributed by atoms with E-state index in [4.69, 9.17) is 0 Å². The molecule has 0 radical (unpaired) electrons. The number of rotatable bonds is 2. The Labute approximate surface area is 91.8 Å². The molecular formula is C13H18N2. The Morgan fingerprint density at radius 2 is 2.20 bits per heavy atom. The Bertz CT molecular complexity index is 368. The van der Waals surface area contributed by atoms with Crippen LogP contribution in [0.3, 0.4) is 0 Å². The van der Waals surface area contributed by atoms with Crippen LogP contribution in [-0.4, -0.2) is 6.34 Å². The summed E-state index contributed by atoms with van der Waals surface area (Å²) in [5.41, 5.74) is 3.93. The van der Waals surface area contributed by atoms with E-state index in [9.17, 15) is 0 Å². The molecule has 2 nitrogen and oxygen atoms in total. The molecule has 0 bridgehead atoms. The number of nitrogens with zero attached hydrogens (tertiary/aromatic N) is 1. The van der Waals surface area contributed by atoms with Crippen LogP contribution in [0.25, 0.3) is 0 Å². The maximum absolute atomic E-state index is 4.25. The molecule has 0 fully saturated rings. The van der Waals surface area contributed by atoms with E-state index in [2.05, 4.69) is 37.3 Å². The molecule has 0 saturated heterocycles. The van der Waals surface area contributed by atoms with Crippen LogP contribution < -0.4 is 5.32 Å². The maximum atomic E-state index is 4.25. The molecule has 0 atom stereocenters. The summed E-state index contributed by atoms with van der Waals surface area (Å²) in [6, 6.07) is 0. The van der Waals surface area contributed by atoms with Gasteiger partial charge >= 0.3 is 0 Å². The third kappa shape index (κ3) is 2.69. The highest BCUT2D eigenvalue weighted by Crippen LogP contribution is 2.23. The lowest BCUT2D eigenvalue weighted by Gasteiger charge is -2.17. The molecule has 0 aromatic rings. The van der Waals surface area contributed by atoms with Crippen molar-refractivity contribution in [2.75, 3.05) is 0 Å². The van der Waals surface area contributed by atoms with Gasteiger partial charge in [0.15, 0.2) is 0 Å². The van der Waals surface area contributed by atoms with Gasteiger partial charge in [-0.2, -0.15) is 0 Å². The van der Waals surface area contributed by atoms with Gasteiger partial charge in [-0.15, -0.1) is 0 Å². The first-order chi connectivity index (χ1) is 7.06. The van der Waals surface area contributed by atoms with Gasteiger partial charge in [-0.05, 0) is 18.9 Å². The van der Waals surface area contributed by atoms with Crippen LogP contribution in [0.4, 0.5) is 0 Å². The molecule has 0 unspecified atom stereocenters. The predicted molar refractivity (Wildman–Crippen MR) is 66.6 cm³/mol. The summed E-state index contributed by atoms with van der Waals surface area (Å²) in [5.74, 6) is 0.439. The van der Waals surface area contributed by atoms with Crippen LogP contribution in [0.1, 0.15) is 20.8 Å². The van der Waals surface area contributed by atoms with Crippen molar-refractivity contribution in [2.45, 2.75) is 20.8 Å². The fourth-order valence-corrected chi connectivity index (χ4v) is 1.22. The number of nitrogens with one attached hydrogen (secondary N) is 1. The first kappa shape index (κ1) is 11.5. The van der Waals surface area contributed by atoms with E-state index < -0.39 is 0 Å². The van der Waals surface area contributed by atoms with E-state index >= 15 is 0 Å². The first-order valence-corrected chi connectivity index (χ1v) is 5.11. The second-order valence-corrected chi connectivity index (χ2v) is 3.84. The van der Waals surface area contributed by atoms with E-state index in [-0.39, 0.29) is 0 Å². The molecule has 1 rings (SSSR count). The largest absolute Gasteiger partial charge is 0.346 e. The smallest absolute Gasteiger partial charge is 0.0930 e. The normalized spacial score (nSPS) is 21.2. The Morgan fingerprint density at radius 1 is 1.53 bits per heavy atom. The van der Waals surface area contributed by atoms with Gasteiger partial charge in [0.25, 0.3) is 0 Å². The summed E-state index contributed by atoms with van der Waals surface area (Å²) in [7, 11) is 0. The van der Waals surface area contributed by atoms with Gasteiger partial charge in [-0.1, -0.05) is 38.7 Å². The summed E-state index contributed by atoms with van der Waals surface area (Å²) in [6.07, 6.45) is 5.68. The standard InChI is InChI=1S/C13H18N2/c1-6-13-12(7-10(4)9(2)3)11(5)14-8-15-13/h6-9H,4-5H2,1-3H3,(H,14,15)/b12-7-,13-6+. The number of allylic oxidation sites excluding steroid dienone is 3. The minimum atomic E-state index is 0.439. The molecule has 0 aromatic carbocycles. The molecule has 1 aliphatic rings. The highest BCUT2D eigenvalue weighted by molar-refractivity contribution is 5.69. The van der Waals surface area contributed by atoms with Crippen molar-refractivity contribution in [2.24, 2.45) is 10.9 Å². The van der Waals surface area contributed by atoms with E-state index in [0.29, 0.717) is 5.92 Å². The zero-order valence-electron chi connectivity index (χ0n) is 9.67. The molecule has 15 heavy (non-hydrogen) atoms. The number of aliphatic imine (C=N–C) groups is 1. The van der Waals surface area contributed by atoms with Crippen molar-refractivity contribution in [3.63, 3.8) is 0 Å². The lowest BCUT2D eigenvalue weighted by molar-refractivity contribution is 0.793. The van der Waals surface area contributed by atoms with Crippen LogP contribution in [0, 0.1) is 5.92 Å². The van der Waals surface area contributed by atoms with Gasteiger partial charge < -0.3 is 5.32 Å². The number of hydrogen-bond acceptors (Lipinski definition) is 2. The third-order valence-corrected chi connectivity index (χ3v) is 2.39. The van der Waals surface area contributed by atoms with Crippen molar-refractivity contribution in [1.29, 1.82) is 0 Å². The average molecular weight is 202 g/mol. The minimum Gasteiger partial charge on any atom is -0.346 e. The van der Waals surface area contributed by atoms with Gasteiger partial charge in [-0.3, -0.25) is 0 Å². The monoisotopic (exact) mass is 202 g/mol. The van der Waals surface area contributed by atoms with E-state index in [1.165, 1.54) is 0 Å². The van der Waals surface area contributed by atoms with E-state index in [0.717, 1.165) is 22.5 Å². The van der Waals surface area contributed by atoms with Gasteiger partial charge in [-0.25, -0.2) is 4.99 Å². The Hall–Kier alpha value is -1.57. The fourth-order valence-electron chi connectivity index (χ4n) is 1.22. The highest BCUT2D eigenvalue weighted by Gasteiger charge is 2.11. The zero-order chi connectivity index (χ0) is 11.4. The summed E-state index contributed by atoms with van der Waals surface area (Å²) < 4.78 is 0. The second-order valence-electron chi connectivity index (χ2n) is 3.84. The molecule has 1 N–H and O–H groups in total. The summed E-state index contributed by atoms with van der Waals surface area (Å²) in [4.78, 5) is 4.25. The Balaban J connectivity index is 3.05. The van der Waals surface area contributed by atoms with Crippen LogP contribution in [0.2, 0.25) is 0 Å². The molecule has 0 aromatic heterocycles. The predicted octanol–water partition coefficient (Wildman–Crippen LogP) is 3.17. The average Bonchev–Trinajstić information content (AvgIpc) is 2.20. The van der Waals surface area contributed by atoms with Gasteiger partial charge in [0.2, 0.25) is 0 Å². The summed E-state index contributed by atoms with van der Waals surface area (Å²) >= 11 is 0. The van der Waals surface area contributed by atoms with Crippen molar-refractivity contribution in [3.8, 4) is 0 Å². The van der Waals surface area contributed by atoms with Crippen LogP contribution in [0.15, 0.2) is 52.8 Å². The highest BCUT2D eigenvalue weighted by atomic mass is 15.0.